The lowest BCUT2D eigenvalue weighted by atomic mass is 10.2. The van der Waals surface area contributed by atoms with Gasteiger partial charge in [-0.05, 0) is 25.5 Å². The van der Waals surface area contributed by atoms with Gasteiger partial charge in [0.1, 0.15) is 6.04 Å². The number of ether oxygens (including phenoxy) is 3. The first-order chi connectivity index (χ1) is 9.70. The highest BCUT2D eigenvalue weighted by molar-refractivity contribution is 5.84. The topological polar surface area (TPSA) is 68.8 Å². The third-order valence-electron chi connectivity index (χ3n) is 2.97. The van der Waals surface area contributed by atoms with Crippen LogP contribution in [0.4, 0.5) is 5.69 Å². The highest BCUT2D eigenvalue weighted by atomic mass is 16.7. The van der Waals surface area contributed by atoms with Gasteiger partial charge in [-0.2, -0.15) is 0 Å². The van der Waals surface area contributed by atoms with E-state index in [-0.39, 0.29) is 18.7 Å². The van der Waals surface area contributed by atoms with Crippen molar-refractivity contribution in [1.29, 1.82) is 0 Å². The Hall–Kier alpha value is -1.95. The van der Waals surface area contributed by atoms with Crippen molar-refractivity contribution in [2.45, 2.75) is 19.4 Å². The van der Waals surface area contributed by atoms with Gasteiger partial charge < -0.3 is 24.8 Å². The highest BCUT2D eigenvalue weighted by Gasteiger charge is 2.16. The molecule has 6 heteroatoms. The standard InChI is InChI=1S/C14H20N2O4/c1-10(14(17)15-6-3-7-18-2)16-11-4-5-12-13(8-11)20-9-19-12/h4-5,8,10,16H,3,6-7,9H2,1-2H3,(H,15,17). The van der Waals surface area contributed by atoms with Gasteiger partial charge in [0, 0.05) is 32.0 Å². The molecule has 0 bridgehead atoms. The van der Waals surface area contributed by atoms with Gasteiger partial charge in [0.2, 0.25) is 12.7 Å². The quantitative estimate of drug-likeness (QED) is 0.738. The Kier molecular flexibility index (Phi) is 5.06. The first kappa shape index (κ1) is 14.5. The molecule has 6 nitrogen and oxygen atoms in total. The first-order valence-electron chi connectivity index (χ1n) is 6.63. The van der Waals surface area contributed by atoms with Crippen molar-refractivity contribution in [2.24, 2.45) is 0 Å². The summed E-state index contributed by atoms with van der Waals surface area (Å²) in [5.41, 5.74) is 0.828. The van der Waals surface area contributed by atoms with Crippen molar-refractivity contribution in [1.82, 2.24) is 5.32 Å². The summed E-state index contributed by atoms with van der Waals surface area (Å²) in [7, 11) is 1.64. The fourth-order valence-electron chi connectivity index (χ4n) is 1.88. The van der Waals surface area contributed by atoms with Crippen molar-refractivity contribution in [2.75, 3.05) is 32.4 Å². The van der Waals surface area contributed by atoms with Crippen molar-refractivity contribution >= 4 is 11.6 Å². The Labute approximate surface area is 118 Å². The van der Waals surface area contributed by atoms with E-state index in [1.165, 1.54) is 0 Å². The normalized spacial score (nSPS) is 13.9. The van der Waals surface area contributed by atoms with Crippen LogP contribution in [0.2, 0.25) is 0 Å². The van der Waals surface area contributed by atoms with E-state index in [2.05, 4.69) is 10.6 Å². The maximum Gasteiger partial charge on any atom is 0.242 e. The van der Waals surface area contributed by atoms with Gasteiger partial charge in [-0.25, -0.2) is 0 Å². The van der Waals surface area contributed by atoms with E-state index in [0.717, 1.165) is 17.9 Å². The molecule has 20 heavy (non-hydrogen) atoms. The molecular formula is C14H20N2O4. The van der Waals surface area contributed by atoms with Crippen LogP contribution in [0.25, 0.3) is 0 Å². The van der Waals surface area contributed by atoms with Gasteiger partial charge >= 0.3 is 0 Å². The number of fused-ring (bicyclic) bond motifs is 1. The van der Waals surface area contributed by atoms with Gasteiger partial charge in [-0.1, -0.05) is 0 Å². The molecule has 0 fully saturated rings. The molecule has 0 spiro atoms. The van der Waals surface area contributed by atoms with E-state index < -0.39 is 0 Å². The van der Waals surface area contributed by atoms with Crippen LogP contribution in [0.5, 0.6) is 11.5 Å². The number of carbonyl (C=O) groups excluding carboxylic acids is 1. The van der Waals surface area contributed by atoms with E-state index in [1.54, 1.807) is 7.11 Å². The minimum Gasteiger partial charge on any atom is -0.454 e. The van der Waals surface area contributed by atoms with Crippen LogP contribution in [0.1, 0.15) is 13.3 Å². The maximum atomic E-state index is 11.9. The average Bonchev–Trinajstić information content (AvgIpc) is 2.90. The Bertz CT molecular complexity index is 464. The van der Waals surface area contributed by atoms with Crippen LogP contribution in [0.3, 0.4) is 0 Å². The van der Waals surface area contributed by atoms with Gasteiger partial charge in [0.05, 0.1) is 0 Å². The number of carbonyl (C=O) groups is 1. The lowest BCUT2D eigenvalue weighted by Crippen LogP contribution is -2.38. The van der Waals surface area contributed by atoms with Gasteiger partial charge in [0.25, 0.3) is 0 Å². The smallest absolute Gasteiger partial charge is 0.242 e. The monoisotopic (exact) mass is 280 g/mol. The molecule has 1 aromatic rings. The molecule has 1 amide bonds. The molecule has 0 saturated heterocycles. The van der Waals surface area contributed by atoms with Crippen molar-refractivity contribution < 1.29 is 19.0 Å². The molecule has 1 unspecified atom stereocenters. The minimum atomic E-state index is -0.321. The van der Waals surface area contributed by atoms with E-state index in [1.807, 2.05) is 25.1 Å². The Morgan fingerprint density at radius 2 is 2.20 bits per heavy atom. The number of hydrogen-bond acceptors (Lipinski definition) is 5. The number of rotatable bonds is 7. The first-order valence-corrected chi connectivity index (χ1v) is 6.63. The zero-order chi connectivity index (χ0) is 14.4. The van der Waals surface area contributed by atoms with E-state index in [9.17, 15) is 4.79 Å². The number of hydrogen-bond donors (Lipinski definition) is 2. The summed E-state index contributed by atoms with van der Waals surface area (Å²) in [6.07, 6.45) is 0.805. The van der Waals surface area contributed by atoms with Crippen LogP contribution in [0.15, 0.2) is 18.2 Å². The number of anilines is 1. The summed E-state index contributed by atoms with van der Waals surface area (Å²) >= 11 is 0. The molecule has 1 aliphatic rings. The van der Waals surface area contributed by atoms with E-state index in [4.69, 9.17) is 14.2 Å². The minimum absolute atomic E-state index is 0.0428. The second-order valence-corrected chi connectivity index (χ2v) is 4.57. The molecule has 0 aromatic heterocycles. The molecule has 1 heterocycles. The number of benzene rings is 1. The van der Waals surface area contributed by atoms with Crippen LogP contribution in [-0.4, -0.2) is 39.0 Å². The van der Waals surface area contributed by atoms with Crippen LogP contribution >= 0.6 is 0 Å². The molecule has 0 radical (unpaired) electrons. The predicted molar refractivity (Wildman–Crippen MR) is 75.2 cm³/mol. The Morgan fingerprint density at radius 1 is 1.40 bits per heavy atom. The summed E-state index contributed by atoms with van der Waals surface area (Å²) in [5.74, 6) is 1.38. The van der Waals surface area contributed by atoms with Gasteiger partial charge in [-0.15, -0.1) is 0 Å². The molecule has 0 aliphatic carbocycles. The van der Waals surface area contributed by atoms with E-state index in [0.29, 0.717) is 18.9 Å². The van der Waals surface area contributed by atoms with Gasteiger partial charge in [0.15, 0.2) is 11.5 Å². The molecule has 1 aromatic carbocycles. The second-order valence-electron chi connectivity index (χ2n) is 4.57. The molecule has 1 atom stereocenters. The maximum absolute atomic E-state index is 11.9. The SMILES string of the molecule is COCCCNC(=O)C(C)Nc1ccc2c(c1)OCO2. The van der Waals surface area contributed by atoms with Crippen molar-refractivity contribution in [3.63, 3.8) is 0 Å². The van der Waals surface area contributed by atoms with Crippen LogP contribution in [-0.2, 0) is 9.53 Å². The summed E-state index contributed by atoms with van der Waals surface area (Å²) in [6.45, 7) is 3.31. The third kappa shape index (κ3) is 3.77. The van der Waals surface area contributed by atoms with E-state index >= 15 is 0 Å². The highest BCUT2D eigenvalue weighted by Crippen LogP contribution is 2.34. The second kappa shape index (κ2) is 7.00. The number of methoxy groups -OCH3 is 1. The summed E-state index contributed by atoms with van der Waals surface area (Å²) in [6, 6.07) is 5.20. The summed E-state index contributed by atoms with van der Waals surface area (Å²) < 4.78 is 15.5. The Balaban J connectivity index is 1.81. The zero-order valence-electron chi connectivity index (χ0n) is 11.8. The van der Waals surface area contributed by atoms with Gasteiger partial charge in [-0.3, -0.25) is 4.79 Å². The van der Waals surface area contributed by atoms with Crippen molar-refractivity contribution in [3.8, 4) is 11.5 Å². The lowest BCUT2D eigenvalue weighted by molar-refractivity contribution is -0.121. The zero-order valence-corrected chi connectivity index (χ0v) is 11.8. The predicted octanol–water partition coefficient (Wildman–Crippen LogP) is 1.37. The number of nitrogens with one attached hydrogen (secondary N) is 2. The van der Waals surface area contributed by atoms with Crippen molar-refractivity contribution in [3.05, 3.63) is 18.2 Å². The third-order valence-corrected chi connectivity index (χ3v) is 2.97. The summed E-state index contributed by atoms with van der Waals surface area (Å²) in [5, 5.41) is 5.99. The average molecular weight is 280 g/mol. The van der Waals surface area contributed by atoms with Crippen LogP contribution in [0, 0.1) is 0 Å². The molecular weight excluding hydrogens is 260 g/mol. The molecule has 110 valence electrons. The Morgan fingerprint density at radius 3 is 3.00 bits per heavy atom. The fourth-order valence-corrected chi connectivity index (χ4v) is 1.88. The number of amides is 1. The summed E-state index contributed by atoms with van der Waals surface area (Å²) in [4.78, 5) is 11.9. The molecule has 2 rings (SSSR count). The molecule has 2 N–H and O–H groups in total. The lowest BCUT2D eigenvalue weighted by Gasteiger charge is -2.15. The largest absolute Gasteiger partial charge is 0.454 e. The molecule has 1 aliphatic heterocycles. The molecule has 0 saturated carbocycles. The van der Waals surface area contributed by atoms with Crippen LogP contribution < -0.4 is 20.1 Å². The fraction of sp³-hybridized carbons (Fsp3) is 0.500.